The first-order chi connectivity index (χ1) is 13.0. The Balaban J connectivity index is 1.68. The predicted molar refractivity (Wildman–Crippen MR) is 104 cm³/mol. The number of nitrogens with one attached hydrogen (secondary N) is 2. The van der Waals surface area contributed by atoms with Gasteiger partial charge in [-0.15, -0.1) is 0 Å². The van der Waals surface area contributed by atoms with Gasteiger partial charge in [0.1, 0.15) is 5.82 Å². The highest BCUT2D eigenvalue weighted by atomic mass is 19.1. The molecule has 0 saturated heterocycles. The average molecular weight is 366 g/mol. The largest absolute Gasteiger partial charge is 0.350 e. The van der Waals surface area contributed by atoms with Gasteiger partial charge >= 0.3 is 0 Å². The Morgan fingerprint density at radius 3 is 2.52 bits per heavy atom. The highest BCUT2D eigenvalue weighted by Gasteiger charge is 2.18. The van der Waals surface area contributed by atoms with Crippen LogP contribution in [0.3, 0.4) is 0 Å². The van der Waals surface area contributed by atoms with Gasteiger partial charge in [0, 0.05) is 18.2 Å². The molecule has 1 atom stereocenters. The maximum atomic E-state index is 13.1. The second kappa shape index (κ2) is 8.60. The van der Waals surface area contributed by atoms with E-state index in [0.29, 0.717) is 23.4 Å². The number of benzene rings is 2. The van der Waals surface area contributed by atoms with E-state index >= 15 is 0 Å². The summed E-state index contributed by atoms with van der Waals surface area (Å²) < 4.78 is 13.1. The van der Waals surface area contributed by atoms with Crippen LogP contribution in [0, 0.1) is 5.82 Å². The molecule has 1 amide bonds. The van der Waals surface area contributed by atoms with E-state index in [2.05, 4.69) is 32.5 Å². The molecule has 0 fully saturated rings. The first kappa shape index (κ1) is 18.8. The Bertz CT molecular complexity index is 875. The van der Waals surface area contributed by atoms with Gasteiger partial charge in [0.25, 0.3) is 5.91 Å². The normalized spacial score (nSPS) is 12.1. The summed E-state index contributed by atoms with van der Waals surface area (Å²) in [6.07, 6.45) is 2.33. The van der Waals surface area contributed by atoms with Crippen molar-refractivity contribution in [3.63, 3.8) is 0 Å². The quantitative estimate of drug-likeness (QED) is 0.675. The molecule has 5 nitrogen and oxygen atoms in total. The van der Waals surface area contributed by atoms with Crippen molar-refractivity contribution in [3.8, 4) is 11.3 Å². The summed E-state index contributed by atoms with van der Waals surface area (Å²) in [5.41, 5.74) is 2.96. The molecule has 1 heterocycles. The van der Waals surface area contributed by atoms with Crippen molar-refractivity contribution in [2.75, 3.05) is 20.6 Å². The van der Waals surface area contributed by atoms with Crippen LogP contribution in [0.15, 0.2) is 60.8 Å². The smallest absolute Gasteiger partial charge is 0.255 e. The molecule has 0 radical (unpaired) electrons. The summed E-state index contributed by atoms with van der Waals surface area (Å²) in [7, 11) is 4.00. The number of hydrogen-bond acceptors (Lipinski definition) is 3. The fourth-order valence-electron chi connectivity index (χ4n) is 2.92. The van der Waals surface area contributed by atoms with Crippen LogP contribution in [0.25, 0.3) is 11.3 Å². The number of aromatic amines is 1. The summed E-state index contributed by atoms with van der Waals surface area (Å²) in [6, 6.07) is 16.3. The van der Waals surface area contributed by atoms with Gasteiger partial charge in [-0.05, 0) is 50.3 Å². The van der Waals surface area contributed by atoms with Crippen LogP contribution in [-0.2, 0) is 6.42 Å². The third kappa shape index (κ3) is 4.80. The lowest BCUT2D eigenvalue weighted by Gasteiger charge is -2.24. The van der Waals surface area contributed by atoms with Gasteiger partial charge in [-0.1, -0.05) is 30.3 Å². The van der Waals surface area contributed by atoms with Gasteiger partial charge < -0.3 is 10.2 Å². The summed E-state index contributed by atoms with van der Waals surface area (Å²) in [4.78, 5) is 14.8. The summed E-state index contributed by atoms with van der Waals surface area (Å²) in [5.74, 6) is -0.526. The molecule has 0 aliphatic carbocycles. The Kier molecular flexibility index (Phi) is 5.98. The Labute approximate surface area is 158 Å². The number of amides is 1. The number of carbonyl (C=O) groups excluding carboxylic acids is 1. The van der Waals surface area contributed by atoms with Crippen molar-refractivity contribution >= 4 is 5.91 Å². The van der Waals surface area contributed by atoms with E-state index in [0.717, 1.165) is 6.42 Å². The SMILES string of the molecule is CN(C)C(CNC(=O)c1cn[nH]c1-c1ccc(F)cc1)Cc1ccccc1. The van der Waals surface area contributed by atoms with Crippen molar-refractivity contribution in [1.29, 1.82) is 0 Å². The monoisotopic (exact) mass is 366 g/mol. The van der Waals surface area contributed by atoms with Gasteiger partial charge in [-0.3, -0.25) is 9.89 Å². The van der Waals surface area contributed by atoms with E-state index in [1.165, 1.54) is 23.9 Å². The molecule has 0 saturated carbocycles. The van der Waals surface area contributed by atoms with Gasteiger partial charge in [0.15, 0.2) is 0 Å². The minimum Gasteiger partial charge on any atom is -0.350 e. The van der Waals surface area contributed by atoms with Crippen LogP contribution in [0.4, 0.5) is 4.39 Å². The maximum Gasteiger partial charge on any atom is 0.255 e. The molecular weight excluding hydrogens is 343 g/mol. The van der Waals surface area contributed by atoms with Crippen molar-refractivity contribution in [1.82, 2.24) is 20.4 Å². The number of H-pyrrole nitrogens is 1. The first-order valence-electron chi connectivity index (χ1n) is 8.82. The van der Waals surface area contributed by atoms with Crippen LogP contribution in [0.2, 0.25) is 0 Å². The zero-order valence-electron chi connectivity index (χ0n) is 15.4. The Morgan fingerprint density at radius 2 is 1.85 bits per heavy atom. The van der Waals surface area contributed by atoms with Crippen LogP contribution in [-0.4, -0.2) is 47.7 Å². The van der Waals surface area contributed by atoms with Crippen LogP contribution in [0.1, 0.15) is 15.9 Å². The average Bonchev–Trinajstić information content (AvgIpc) is 3.16. The van der Waals surface area contributed by atoms with Crippen LogP contribution in [0.5, 0.6) is 0 Å². The predicted octanol–water partition coefficient (Wildman–Crippen LogP) is 3.12. The van der Waals surface area contributed by atoms with E-state index in [1.807, 2.05) is 32.3 Å². The lowest BCUT2D eigenvalue weighted by atomic mass is 10.0. The molecule has 1 aromatic heterocycles. The molecule has 2 N–H and O–H groups in total. The minimum absolute atomic E-state index is 0.164. The molecule has 140 valence electrons. The lowest BCUT2D eigenvalue weighted by Crippen LogP contribution is -2.41. The molecule has 2 aromatic carbocycles. The molecule has 3 aromatic rings. The van der Waals surface area contributed by atoms with Gasteiger partial charge in [0.05, 0.1) is 17.5 Å². The molecule has 0 spiro atoms. The number of aromatic nitrogens is 2. The zero-order valence-corrected chi connectivity index (χ0v) is 15.4. The molecule has 0 bridgehead atoms. The fourth-order valence-corrected chi connectivity index (χ4v) is 2.92. The standard InChI is InChI=1S/C21H23FN4O/c1-26(2)18(12-15-6-4-3-5-7-15)13-23-21(27)19-14-24-25-20(19)16-8-10-17(22)11-9-16/h3-11,14,18H,12-13H2,1-2H3,(H,23,27)(H,24,25). The number of halogens is 1. The minimum atomic E-state index is -0.320. The molecule has 6 heteroatoms. The third-order valence-electron chi connectivity index (χ3n) is 4.56. The van der Waals surface area contributed by atoms with E-state index in [4.69, 9.17) is 0 Å². The van der Waals surface area contributed by atoms with Gasteiger partial charge in [-0.25, -0.2) is 4.39 Å². The topological polar surface area (TPSA) is 61.0 Å². The molecular formula is C21H23FN4O. The molecule has 27 heavy (non-hydrogen) atoms. The lowest BCUT2D eigenvalue weighted by molar-refractivity contribution is 0.0942. The van der Waals surface area contributed by atoms with Gasteiger partial charge in [0.2, 0.25) is 0 Å². The maximum absolute atomic E-state index is 13.1. The van der Waals surface area contributed by atoms with E-state index in [9.17, 15) is 9.18 Å². The van der Waals surface area contributed by atoms with Crippen LogP contribution >= 0.6 is 0 Å². The summed E-state index contributed by atoms with van der Waals surface area (Å²) >= 11 is 0. The summed E-state index contributed by atoms with van der Waals surface area (Å²) in [5, 5.41) is 9.80. The molecule has 3 rings (SSSR count). The number of carbonyl (C=O) groups is 1. The number of rotatable bonds is 7. The second-order valence-corrected chi connectivity index (χ2v) is 6.68. The van der Waals surface area contributed by atoms with Gasteiger partial charge in [-0.2, -0.15) is 5.10 Å². The number of hydrogen-bond donors (Lipinski definition) is 2. The van der Waals surface area contributed by atoms with E-state index in [-0.39, 0.29) is 17.8 Å². The highest BCUT2D eigenvalue weighted by molar-refractivity contribution is 5.99. The van der Waals surface area contributed by atoms with Crippen molar-refractivity contribution in [3.05, 3.63) is 77.7 Å². The summed E-state index contributed by atoms with van der Waals surface area (Å²) in [6.45, 7) is 0.509. The second-order valence-electron chi connectivity index (χ2n) is 6.68. The first-order valence-corrected chi connectivity index (χ1v) is 8.82. The fraction of sp³-hybridized carbons (Fsp3) is 0.238. The van der Waals surface area contributed by atoms with Crippen molar-refractivity contribution in [2.24, 2.45) is 0 Å². The van der Waals surface area contributed by atoms with Crippen molar-refractivity contribution < 1.29 is 9.18 Å². The Hall–Kier alpha value is -2.99. The molecule has 0 aliphatic rings. The number of nitrogens with zero attached hydrogens (tertiary/aromatic N) is 2. The van der Waals surface area contributed by atoms with Crippen LogP contribution < -0.4 is 5.32 Å². The molecule has 0 aliphatic heterocycles. The Morgan fingerprint density at radius 1 is 1.15 bits per heavy atom. The number of likely N-dealkylation sites (N-methyl/N-ethyl adjacent to an activating group) is 1. The van der Waals surface area contributed by atoms with E-state index in [1.54, 1.807) is 12.1 Å². The molecule has 1 unspecified atom stereocenters. The van der Waals surface area contributed by atoms with Crippen molar-refractivity contribution in [2.45, 2.75) is 12.5 Å². The van der Waals surface area contributed by atoms with E-state index < -0.39 is 0 Å². The third-order valence-corrected chi connectivity index (χ3v) is 4.56. The zero-order chi connectivity index (χ0) is 19.2. The highest BCUT2D eigenvalue weighted by Crippen LogP contribution is 2.21.